The quantitative estimate of drug-likeness (QED) is 0.482. The molecular formula is C7H13F4NO. The van der Waals surface area contributed by atoms with Crippen molar-refractivity contribution < 1.29 is 22.7 Å². The van der Waals surface area contributed by atoms with Gasteiger partial charge in [0, 0.05) is 6.61 Å². The molecule has 0 radical (unpaired) electrons. The highest BCUT2D eigenvalue weighted by Crippen LogP contribution is 2.21. The Labute approximate surface area is 73.9 Å². The lowest BCUT2D eigenvalue weighted by Gasteiger charge is -2.15. The van der Waals surface area contributed by atoms with Crippen LogP contribution in [0.15, 0.2) is 0 Å². The van der Waals surface area contributed by atoms with Gasteiger partial charge in [0.05, 0.1) is 6.54 Å². The zero-order valence-corrected chi connectivity index (χ0v) is 7.07. The molecule has 0 unspecified atom stereocenters. The Morgan fingerprint density at radius 2 is 1.85 bits per heavy atom. The minimum absolute atomic E-state index is 0.0209. The molecule has 0 aliphatic carbocycles. The van der Waals surface area contributed by atoms with Crippen molar-refractivity contribution in [1.82, 2.24) is 5.32 Å². The average Bonchev–Trinajstić information content (AvgIpc) is 2.03. The van der Waals surface area contributed by atoms with Crippen molar-refractivity contribution >= 4 is 0 Å². The number of alkyl halides is 4. The molecule has 0 aromatic carbocycles. The molecule has 2 nitrogen and oxygen atoms in total. The number of aliphatic hydroxyl groups excluding tert-OH is 1. The molecule has 0 saturated carbocycles. The first-order valence-electron chi connectivity index (χ1n) is 3.98. The summed E-state index contributed by atoms with van der Waals surface area (Å²) in [7, 11) is 0. The van der Waals surface area contributed by atoms with Crippen LogP contribution in [0.1, 0.15) is 12.8 Å². The van der Waals surface area contributed by atoms with E-state index < -0.39 is 18.9 Å². The number of halogens is 4. The third-order valence-corrected chi connectivity index (χ3v) is 1.44. The molecule has 0 rings (SSSR count). The molecule has 80 valence electrons. The molecule has 0 aliphatic heterocycles. The predicted octanol–water partition coefficient (Wildman–Crippen LogP) is 1.25. The summed E-state index contributed by atoms with van der Waals surface area (Å²) in [4.78, 5) is 0. The highest BCUT2D eigenvalue weighted by atomic mass is 19.3. The molecule has 0 spiro atoms. The van der Waals surface area contributed by atoms with Crippen molar-refractivity contribution in [3.8, 4) is 0 Å². The maximum absolute atomic E-state index is 12.2. The Hall–Kier alpha value is -0.360. The molecule has 0 heterocycles. The second-order valence-electron chi connectivity index (χ2n) is 2.67. The summed E-state index contributed by atoms with van der Waals surface area (Å²) in [5.41, 5.74) is 0. The number of rotatable bonds is 7. The first-order chi connectivity index (χ1) is 6.00. The Morgan fingerprint density at radius 3 is 2.31 bits per heavy atom. The first-order valence-corrected chi connectivity index (χ1v) is 3.98. The number of nitrogens with one attached hydrogen (secondary N) is 1. The second-order valence-corrected chi connectivity index (χ2v) is 2.67. The summed E-state index contributed by atoms with van der Waals surface area (Å²) in [6, 6.07) is 0. The monoisotopic (exact) mass is 203 g/mol. The van der Waals surface area contributed by atoms with Crippen molar-refractivity contribution in [3.63, 3.8) is 0 Å². The molecule has 0 aromatic heterocycles. The summed E-state index contributed by atoms with van der Waals surface area (Å²) < 4.78 is 47.5. The van der Waals surface area contributed by atoms with Gasteiger partial charge in [-0.3, -0.25) is 0 Å². The molecular weight excluding hydrogens is 190 g/mol. The lowest BCUT2D eigenvalue weighted by Crippen LogP contribution is -2.39. The van der Waals surface area contributed by atoms with Gasteiger partial charge in [-0.25, -0.2) is 8.78 Å². The molecule has 0 aliphatic rings. The zero-order valence-electron chi connectivity index (χ0n) is 7.07. The minimum atomic E-state index is -3.96. The topological polar surface area (TPSA) is 32.3 Å². The van der Waals surface area contributed by atoms with Gasteiger partial charge in [-0.15, -0.1) is 0 Å². The maximum atomic E-state index is 12.2. The van der Waals surface area contributed by atoms with Crippen LogP contribution in [0, 0.1) is 0 Å². The molecule has 0 atom stereocenters. The van der Waals surface area contributed by atoms with Crippen molar-refractivity contribution in [2.75, 3.05) is 19.7 Å². The van der Waals surface area contributed by atoms with Crippen LogP contribution >= 0.6 is 0 Å². The summed E-state index contributed by atoms with van der Waals surface area (Å²) in [5, 5.41) is 10.5. The van der Waals surface area contributed by atoms with Gasteiger partial charge < -0.3 is 10.4 Å². The van der Waals surface area contributed by atoms with Gasteiger partial charge in [0.2, 0.25) is 0 Å². The molecule has 13 heavy (non-hydrogen) atoms. The normalized spacial score (nSPS) is 12.5. The van der Waals surface area contributed by atoms with E-state index in [-0.39, 0.29) is 13.2 Å². The van der Waals surface area contributed by atoms with Crippen LogP contribution < -0.4 is 5.32 Å². The van der Waals surface area contributed by atoms with Crippen LogP contribution in [0.5, 0.6) is 0 Å². The molecule has 0 amide bonds. The molecule has 0 bridgehead atoms. The molecule has 0 fully saturated rings. The van der Waals surface area contributed by atoms with Crippen molar-refractivity contribution in [3.05, 3.63) is 0 Å². The number of hydrogen-bond acceptors (Lipinski definition) is 2. The van der Waals surface area contributed by atoms with E-state index in [2.05, 4.69) is 5.32 Å². The average molecular weight is 203 g/mol. The number of hydrogen-bond donors (Lipinski definition) is 2. The van der Waals surface area contributed by atoms with Gasteiger partial charge in [-0.1, -0.05) is 0 Å². The van der Waals surface area contributed by atoms with Crippen LogP contribution in [-0.2, 0) is 0 Å². The third kappa shape index (κ3) is 5.81. The highest BCUT2D eigenvalue weighted by molar-refractivity contribution is 4.71. The van der Waals surface area contributed by atoms with E-state index in [1.165, 1.54) is 0 Å². The first kappa shape index (κ1) is 12.6. The Balaban J connectivity index is 3.41. The van der Waals surface area contributed by atoms with Crippen LogP contribution in [0.25, 0.3) is 0 Å². The standard InChI is InChI=1S/C7H13F4NO/c8-6(9)7(10,11)5-12-3-1-2-4-13/h6,12-13H,1-5H2. The van der Waals surface area contributed by atoms with Gasteiger partial charge >= 0.3 is 12.3 Å². The highest BCUT2D eigenvalue weighted by Gasteiger charge is 2.39. The van der Waals surface area contributed by atoms with E-state index in [1.807, 2.05) is 0 Å². The van der Waals surface area contributed by atoms with E-state index in [9.17, 15) is 17.6 Å². The van der Waals surface area contributed by atoms with E-state index in [4.69, 9.17) is 5.11 Å². The summed E-state index contributed by atoms with van der Waals surface area (Å²) >= 11 is 0. The fourth-order valence-corrected chi connectivity index (χ4v) is 0.694. The fourth-order valence-electron chi connectivity index (χ4n) is 0.694. The zero-order chi connectivity index (χ0) is 10.3. The minimum Gasteiger partial charge on any atom is -0.396 e. The molecule has 6 heteroatoms. The van der Waals surface area contributed by atoms with E-state index in [0.29, 0.717) is 12.8 Å². The van der Waals surface area contributed by atoms with Crippen LogP contribution in [-0.4, -0.2) is 37.2 Å². The smallest absolute Gasteiger partial charge is 0.319 e. The van der Waals surface area contributed by atoms with Crippen LogP contribution in [0.3, 0.4) is 0 Å². The summed E-state index contributed by atoms with van der Waals surface area (Å²) in [5.74, 6) is -3.96. The van der Waals surface area contributed by atoms with Crippen LogP contribution in [0.4, 0.5) is 17.6 Å². The number of aliphatic hydroxyl groups is 1. The number of unbranched alkanes of at least 4 members (excludes halogenated alkanes) is 1. The SMILES string of the molecule is OCCCCNCC(F)(F)C(F)F. The van der Waals surface area contributed by atoms with Gasteiger partial charge in [-0.05, 0) is 19.4 Å². The van der Waals surface area contributed by atoms with E-state index in [0.717, 1.165) is 0 Å². The van der Waals surface area contributed by atoms with E-state index in [1.54, 1.807) is 0 Å². The molecule has 0 saturated heterocycles. The Kier molecular flexibility index (Phi) is 5.98. The Bertz CT molecular complexity index is 132. The largest absolute Gasteiger partial charge is 0.396 e. The van der Waals surface area contributed by atoms with Gasteiger partial charge in [0.1, 0.15) is 0 Å². The van der Waals surface area contributed by atoms with Crippen molar-refractivity contribution in [2.24, 2.45) is 0 Å². The molecule has 0 aromatic rings. The molecule has 2 N–H and O–H groups in total. The van der Waals surface area contributed by atoms with Crippen LogP contribution in [0.2, 0.25) is 0 Å². The lowest BCUT2D eigenvalue weighted by atomic mass is 10.3. The summed E-state index contributed by atoms with van der Waals surface area (Å²) in [6.07, 6.45) is -2.65. The Morgan fingerprint density at radius 1 is 1.23 bits per heavy atom. The van der Waals surface area contributed by atoms with Gasteiger partial charge in [0.15, 0.2) is 0 Å². The maximum Gasteiger partial charge on any atom is 0.319 e. The van der Waals surface area contributed by atoms with E-state index >= 15 is 0 Å². The van der Waals surface area contributed by atoms with Gasteiger partial charge in [0.25, 0.3) is 0 Å². The fraction of sp³-hybridized carbons (Fsp3) is 1.00. The van der Waals surface area contributed by atoms with Crippen molar-refractivity contribution in [2.45, 2.75) is 25.2 Å². The third-order valence-electron chi connectivity index (χ3n) is 1.44. The predicted molar refractivity (Wildman–Crippen MR) is 40.1 cm³/mol. The second kappa shape index (κ2) is 6.15. The summed E-state index contributed by atoms with van der Waals surface area (Å²) in [6.45, 7) is -0.827. The van der Waals surface area contributed by atoms with Crippen molar-refractivity contribution in [1.29, 1.82) is 0 Å². The van der Waals surface area contributed by atoms with Gasteiger partial charge in [-0.2, -0.15) is 8.78 Å². The lowest BCUT2D eigenvalue weighted by molar-refractivity contribution is -0.125.